The number of Topliss-reactive ketones (excluding diaryl/α,β-unsaturated/α-hetero) is 1. The average molecular weight is 310 g/mol. The zero-order valence-electron chi connectivity index (χ0n) is 12.5. The lowest BCUT2D eigenvalue weighted by molar-refractivity contribution is -0.138. The molecule has 0 fully saturated rings. The van der Waals surface area contributed by atoms with Crippen LogP contribution in [-0.2, 0) is 19.2 Å². The van der Waals surface area contributed by atoms with E-state index in [4.69, 9.17) is 10.2 Å². The molecule has 0 unspecified atom stereocenters. The van der Waals surface area contributed by atoms with E-state index in [9.17, 15) is 19.2 Å². The minimum atomic E-state index is -0.888. The van der Waals surface area contributed by atoms with Gasteiger partial charge < -0.3 is 10.2 Å². The predicted octanol–water partition coefficient (Wildman–Crippen LogP) is 2.22. The third kappa shape index (κ3) is 6.65. The Morgan fingerprint density at radius 3 is 2.18 bits per heavy atom. The number of ketones is 2. The van der Waals surface area contributed by atoms with Crippen molar-refractivity contribution in [3.05, 3.63) is 12.2 Å². The lowest BCUT2D eigenvalue weighted by Crippen LogP contribution is -2.18. The smallest absolute Gasteiger partial charge is 0.303 e. The Labute approximate surface area is 129 Å². The molecule has 122 valence electrons. The number of carbonyl (C=O) groups excluding carboxylic acids is 2. The predicted molar refractivity (Wildman–Crippen MR) is 78.3 cm³/mol. The van der Waals surface area contributed by atoms with E-state index in [0.717, 1.165) is 0 Å². The maximum atomic E-state index is 11.8. The van der Waals surface area contributed by atoms with Gasteiger partial charge in [-0.2, -0.15) is 0 Å². The molecule has 0 spiro atoms. The Hall–Kier alpha value is -1.98. The van der Waals surface area contributed by atoms with Crippen LogP contribution in [0.4, 0.5) is 0 Å². The minimum Gasteiger partial charge on any atom is -0.481 e. The number of allylic oxidation sites excluding steroid dienone is 2. The van der Waals surface area contributed by atoms with Crippen LogP contribution in [0.25, 0.3) is 0 Å². The fourth-order valence-electron chi connectivity index (χ4n) is 2.67. The maximum absolute atomic E-state index is 11.8. The van der Waals surface area contributed by atoms with Gasteiger partial charge in [-0.1, -0.05) is 6.08 Å². The lowest BCUT2D eigenvalue weighted by atomic mass is 9.86. The molecular formula is C16H22O6. The van der Waals surface area contributed by atoms with Crippen LogP contribution in [-0.4, -0.2) is 33.7 Å². The highest BCUT2D eigenvalue weighted by atomic mass is 16.4. The molecule has 0 heterocycles. The summed E-state index contributed by atoms with van der Waals surface area (Å²) in [5.41, 5.74) is 0. The molecule has 22 heavy (non-hydrogen) atoms. The SMILES string of the molecule is O=C(O)CCCCC(=O)CC[C@H]1C(=O)C=C[C@@H]1CCC(=O)O. The van der Waals surface area contributed by atoms with E-state index in [2.05, 4.69) is 0 Å². The van der Waals surface area contributed by atoms with Crippen LogP contribution in [0, 0.1) is 11.8 Å². The van der Waals surface area contributed by atoms with Crippen molar-refractivity contribution in [2.75, 3.05) is 0 Å². The average Bonchev–Trinajstić information content (AvgIpc) is 2.79. The van der Waals surface area contributed by atoms with Gasteiger partial charge in [-0.3, -0.25) is 19.2 Å². The molecule has 0 saturated heterocycles. The summed E-state index contributed by atoms with van der Waals surface area (Å²) in [5, 5.41) is 17.2. The Morgan fingerprint density at radius 2 is 1.55 bits per heavy atom. The number of carboxylic acids is 2. The number of rotatable bonds is 11. The molecule has 0 aromatic heterocycles. The van der Waals surface area contributed by atoms with Crippen molar-refractivity contribution in [1.82, 2.24) is 0 Å². The number of aliphatic carboxylic acids is 2. The third-order valence-electron chi connectivity index (χ3n) is 3.91. The van der Waals surface area contributed by atoms with Gasteiger partial charge in [0.2, 0.25) is 0 Å². The number of unbranched alkanes of at least 4 members (excludes halogenated alkanes) is 1. The molecule has 0 bridgehead atoms. The summed E-state index contributed by atoms with van der Waals surface area (Å²) in [6.07, 6.45) is 5.80. The van der Waals surface area contributed by atoms with E-state index >= 15 is 0 Å². The third-order valence-corrected chi connectivity index (χ3v) is 3.91. The van der Waals surface area contributed by atoms with Crippen molar-refractivity contribution in [3.8, 4) is 0 Å². The summed E-state index contributed by atoms with van der Waals surface area (Å²) in [6, 6.07) is 0. The molecule has 1 aliphatic rings. The van der Waals surface area contributed by atoms with Gasteiger partial charge in [0.25, 0.3) is 0 Å². The van der Waals surface area contributed by atoms with E-state index in [0.29, 0.717) is 32.1 Å². The summed E-state index contributed by atoms with van der Waals surface area (Å²) < 4.78 is 0. The first-order valence-electron chi connectivity index (χ1n) is 7.57. The second-order valence-electron chi connectivity index (χ2n) is 5.64. The van der Waals surface area contributed by atoms with Gasteiger partial charge in [-0.15, -0.1) is 0 Å². The van der Waals surface area contributed by atoms with Crippen LogP contribution in [0.2, 0.25) is 0 Å². The summed E-state index contributed by atoms with van der Waals surface area (Å²) in [5.74, 6) is -2.14. The van der Waals surface area contributed by atoms with E-state index < -0.39 is 11.9 Å². The summed E-state index contributed by atoms with van der Waals surface area (Å²) in [4.78, 5) is 44.5. The monoisotopic (exact) mass is 310 g/mol. The summed E-state index contributed by atoms with van der Waals surface area (Å²) in [6.45, 7) is 0. The van der Waals surface area contributed by atoms with E-state index in [1.807, 2.05) is 0 Å². The first-order valence-corrected chi connectivity index (χ1v) is 7.57. The second-order valence-corrected chi connectivity index (χ2v) is 5.64. The summed E-state index contributed by atoms with van der Waals surface area (Å²) in [7, 11) is 0. The molecule has 0 aromatic carbocycles. The largest absolute Gasteiger partial charge is 0.481 e. The van der Waals surface area contributed by atoms with Gasteiger partial charge in [0.1, 0.15) is 5.78 Å². The Morgan fingerprint density at radius 1 is 0.909 bits per heavy atom. The molecule has 0 amide bonds. The zero-order valence-corrected chi connectivity index (χ0v) is 12.5. The van der Waals surface area contributed by atoms with Crippen LogP contribution in [0.5, 0.6) is 0 Å². The number of carbonyl (C=O) groups is 4. The molecule has 2 N–H and O–H groups in total. The van der Waals surface area contributed by atoms with Crippen molar-refractivity contribution >= 4 is 23.5 Å². The number of hydrogen-bond donors (Lipinski definition) is 2. The highest BCUT2D eigenvalue weighted by Gasteiger charge is 2.30. The highest BCUT2D eigenvalue weighted by molar-refractivity contribution is 5.95. The van der Waals surface area contributed by atoms with E-state index in [1.165, 1.54) is 6.08 Å². The van der Waals surface area contributed by atoms with Gasteiger partial charge in [-0.05, 0) is 37.7 Å². The van der Waals surface area contributed by atoms with Gasteiger partial charge in [-0.25, -0.2) is 0 Å². The van der Waals surface area contributed by atoms with Crippen LogP contribution in [0.3, 0.4) is 0 Å². The number of hydrogen-bond acceptors (Lipinski definition) is 4. The molecule has 2 atom stereocenters. The fraction of sp³-hybridized carbons (Fsp3) is 0.625. The van der Waals surface area contributed by atoms with Gasteiger partial charge >= 0.3 is 11.9 Å². The van der Waals surface area contributed by atoms with Gasteiger partial charge in [0.05, 0.1) is 0 Å². The lowest BCUT2D eigenvalue weighted by Gasteiger charge is -2.16. The van der Waals surface area contributed by atoms with Crippen LogP contribution >= 0.6 is 0 Å². The fourth-order valence-corrected chi connectivity index (χ4v) is 2.67. The molecular weight excluding hydrogens is 288 g/mol. The Kier molecular flexibility index (Phi) is 7.49. The van der Waals surface area contributed by atoms with Crippen molar-refractivity contribution in [2.45, 2.75) is 51.4 Å². The Bertz CT molecular complexity index is 465. The topological polar surface area (TPSA) is 109 Å². The second kappa shape index (κ2) is 9.12. The van der Waals surface area contributed by atoms with Crippen molar-refractivity contribution < 1.29 is 29.4 Å². The molecule has 6 heteroatoms. The highest BCUT2D eigenvalue weighted by Crippen LogP contribution is 2.30. The first-order chi connectivity index (χ1) is 10.4. The molecule has 6 nitrogen and oxygen atoms in total. The van der Waals surface area contributed by atoms with Crippen molar-refractivity contribution in [3.63, 3.8) is 0 Å². The minimum absolute atomic E-state index is 0.0158. The maximum Gasteiger partial charge on any atom is 0.303 e. The van der Waals surface area contributed by atoms with E-state index in [-0.39, 0.29) is 42.7 Å². The van der Waals surface area contributed by atoms with Crippen molar-refractivity contribution in [2.24, 2.45) is 11.8 Å². The van der Waals surface area contributed by atoms with Crippen LogP contribution in [0.1, 0.15) is 51.4 Å². The van der Waals surface area contributed by atoms with Gasteiger partial charge in [0.15, 0.2) is 5.78 Å². The Balaban J connectivity index is 2.29. The molecule has 1 rings (SSSR count). The molecule has 0 aliphatic heterocycles. The quantitative estimate of drug-likeness (QED) is 0.566. The van der Waals surface area contributed by atoms with E-state index in [1.54, 1.807) is 6.08 Å². The first kappa shape index (κ1) is 18.1. The van der Waals surface area contributed by atoms with Crippen LogP contribution < -0.4 is 0 Å². The van der Waals surface area contributed by atoms with Crippen molar-refractivity contribution in [1.29, 1.82) is 0 Å². The standard InChI is InChI=1S/C16H22O6/c17-12(3-1-2-4-15(19)20)7-8-13-11(5-9-14(13)18)6-10-16(21)22/h5,9,11,13H,1-4,6-8,10H2,(H,19,20)(H,21,22)/t11-,13-/m1/s1. The van der Waals surface area contributed by atoms with Gasteiger partial charge in [0, 0.05) is 31.6 Å². The molecule has 0 aromatic rings. The molecule has 0 saturated carbocycles. The molecule has 0 radical (unpaired) electrons. The summed E-state index contributed by atoms with van der Waals surface area (Å²) >= 11 is 0. The van der Waals surface area contributed by atoms with Crippen LogP contribution in [0.15, 0.2) is 12.2 Å². The molecule has 1 aliphatic carbocycles. The number of carboxylic acid groups (broad SMARTS) is 2. The normalized spacial score (nSPS) is 20.3. The zero-order chi connectivity index (χ0) is 16.5.